The van der Waals surface area contributed by atoms with Gasteiger partial charge >= 0.3 is 0 Å². The van der Waals surface area contributed by atoms with Crippen LogP contribution in [-0.2, 0) is 4.79 Å². The zero-order chi connectivity index (χ0) is 17.4. The van der Waals surface area contributed by atoms with E-state index >= 15 is 0 Å². The van der Waals surface area contributed by atoms with Gasteiger partial charge in [0, 0.05) is 22.0 Å². The molecular weight excluding hydrogens is 326 g/mol. The van der Waals surface area contributed by atoms with Crippen molar-refractivity contribution in [1.82, 2.24) is 4.98 Å². The van der Waals surface area contributed by atoms with Gasteiger partial charge in [-0.2, -0.15) is 0 Å². The molecule has 24 heavy (non-hydrogen) atoms. The number of fused-ring (bicyclic) bond motifs is 1. The zero-order valence-corrected chi connectivity index (χ0v) is 13.7. The smallest absolute Gasteiger partial charge is 0.290 e. The Hall–Kier alpha value is -2.86. The highest BCUT2D eigenvalue weighted by Crippen LogP contribution is 2.29. The van der Waals surface area contributed by atoms with Gasteiger partial charge in [0.1, 0.15) is 5.75 Å². The maximum atomic E-state index is 12.4. The number of aromatic nitrogens is 1. The SMILES string of the molecule is COc1ccc(C(=O)Sc2cccc3cccnc23)cc1.O=CO. The Labute approximate surface area is 143 Å². The quantitative estimate of drug-likeness (QED) is 0.575. The summed E-state index contributed by atoms with van der Waals surface area (Å²) < 4.78 is 5.10. The number of benzene rings is 2. The van der Waals surface area contributed by atoms with E-state index in [1.807, 2.05) is 30.3 Å². The van der Waals surface area contributed by atoms with Gasteiger partial charge in [0.05, 0.1) is 12.6 Å². The maximum Gasteiger partial charge on any atom is 0.290 e. The van der Waals surface area contributed by atoms with Gasteiger partial charge in [-0.05, 0) is 48.2 Å². The van der Waals surface area contributed by atoms with Crippen molar-refractivity contribution in [2.24, 2.45) is 0 Å². The van der Waals surface area contributed by atoms with Crippen LogP contribution in [0.4, 0.5) is 0 Å². The van der Waals surface area contributed by atoms with E-state index in [0.29, 0.717) is 5.56 Å². The zero-order valence-electron chi connectivity index (χ0n) is 12.9. The molecule has 0 radical (unpaired) electrons. The number of para-hydroxylation sites is 1. The number of carbonyl (C=O) groups is 2. The van der Waals surface area contributed by atoms with E-state index in [1.165, 1.54) is 11.8 Å². The predicted octanol–water partition coefficient (Wildman–Crippen LogP) is 3.88. The van der Waals surface area contributed by atoms with Gasteiger partial charge in [0.2, 0.25) is 5.12 Å². The third-order valence-electron chi connectivity index (χ3n) is 3.12. The molecule has 0 spiro atoms. The normalized spacial score (nSPS) is 9.71. The van der Waals surface area contributed by atoms with Crippen LogP contribution in [0.2, 0.25) is 0 Å². The monoisotopic (exact) mass is 341 g/mol. The Bertz CT molecular complexity index is 829. The van der Waals surface area contributed by atoms with Gasteiger partial charge in [0.15, 0.2) is 0 Å². The first-order valence-electron chi connectivity index (χ1n) is 6.97. The van der Waals surface area contributed by atoms with Gasteiger partial charge in [-0.3, -0.25) is 14.6 Å². The van der Waals surface area contributed by atoms with Crippen molar-refractivity contribution in [1.29, 1.82) is 0 Å². The van der Waals surface area contributed by atoms with Gasteiger partial charge < -0.3 is 9.84 Å². The predicted molar refractivity (Wildman–Crippen MR) is 93.6 cm³/mol. The Kier molecular flexibility index (Phi) is 6.33. The van der Waals surface area contributed by atoms with Crippen LogP contribution >= 0.6 is 11.8 Å². The summed E-state index contributed by atoms with van der Waals surface area (Å²) in [5.74, 6) is 0.739. The van der Waals surface area contributed by atoms with Gasteiger partial charge in [-0.25, -0.2) is 0 Å². The fraction of sp³-hybridized carbons (Fsp3) is 0.0556. The fourth-order valence-electron chi connectivity index (χ4n) is 2.04. The molecule has 0 saturated heterocycles. The molecule has 0 aliphatic carbocycles. The molecule has 0 saturated carbocycles. The molecule has 1 N–H and O–H groups in total. The summed E-state index contributed by atoms with van der Waals surface area (Å²) in [6.07, 6.45) is 1.74. The number of carboxylic acid groups (broad SMARTS) is 1. The Morgan fingerprint density at radius 1 is 1.12 bits per heavy atom. The van der Waals surface area contributed by atoms with Crippen molar-refractivity contribution in [3.05, 3.63) is 66.4 Å². The van der Waals surface area contributed by atoms with Gasteiger partial charge in [0.25, 0.3) is 6.47 Å². The average molecular weight is 341 g/mol. The lowest BCUT2D eigenvalue weighted by molar-refractivity contribution is -0.122. The molecule has 0 fully saturated rings. The lowest BCUT2D eigenvalue weighted by atomic mass is 10.2. The first kappa shape index (κ1) is 17.5. The van der Waals surface area contributed by atoms with E-state index < -0.39 is 0 Å². The van der Waals surface area contributed by atoms with Crippen molar-refractivity contribution < 1.29 is 19.4 Å². The number of thioether (sulfide) groups is 1. The van der Waals surface area contributed by atoms with E-state index in [-0.39, 0.29) is 11.6 Å². The van der Waals surface area contributed by atoms with Crippen LogP contribution in [-0.4, -0.2) is 28.8 Å². The molecule has 1 aromatic heterocycles. The van der Waals surface area contributed by atoms with Crippen LogP contribution in [0.3, 0.4) is 0 Å². The standard InChI is InChI=1S/C17H13NO2S.CH2O2/c1-20-14-9-7-13(8-10-14)17(19)21-15-6-2-4-12-5-3-11-18-16(12)15;2-1-3/h2-11H,1H3;1H,(H,2,3). The summed E-state index contributed by atoms with van der Waals surface area (Å²) in [7, 11) is 1.60. The van der Waals surface area contributed by atoms with Crippen molar-refractivity contribution >= 4 is 34.3 Å². The minimum Gasteiger partial charge on any atom is -0.497 e. The van der Waals surface area contributed by atoms with Gasteiger partial charge in [-0.1, -0.05) is 18.2 Å². The highest BCUT2D eigenvalue weighted by Gasteiger charge is 2.11. The van der Waals surface area contributed by atoms with Crippen LogP contribution in [0.1, 0.15) is 10.4 Å². The molecule has 1 heterocycles. The van der Waals surface area contributed by atoms with Crippen LogP contribution < -0.4 is 4.74 Å². The molecule has 6 heteroatoms. The highest BCUT2D eigenvalue weighted by molar-refractivity contribution is 8.14. The molecule has 122 valence electrons. The lowest BCUT2D eigenvalue weighted by Crippen LogP contribution is -1.94. The van der Waals surface area contributed by atoms with Crippen molar-refractivity contribution in [3.63, 3.8) is 0 Å². The maximum absolute atomic E-state index is 12.4. The highest BCUT2D eigenvalue weighted by atomic mass is 32.2. The van der Waals surface area contributed by atoms with Crippen molar-refractivity contribution in [3.8, 4) is 5.75 Å². The summed E-state index contributed by atoms with van der Waals surface area (Å²) in [4.78, 5) is 25.9. The molecule has 3 aromatic rings. The molecule has 0 bridgehead atoms. The van der Waals surface area contributed by atoms with E-state index in [2.05, 4.69) is 4.98 Å². The summed E-state index contributed by atoms with van der Waals surface area (Å²) >= 11 is 1.20. The number of methoxy groups -OCH3 is 1. The largest absolute Gasteiger partial charge is 0.497 e. The van der Waals surface area contributed by atoms with Crippen LogP contribution in [0, 0.1) is 0 Å². The van der Waals surface area contributed by atoms with Crippen LogP contribution in [0.15, 0.2) is 65.7 Å². The Balaban J connectivity index is 0.000000647. The number of carbonyl (C=O) groups excluding carboxylic acids is 1. The first-order chi connectivity index (χ1) is 11.7. The molecule has 5 nitrogen and oxygen atoms in total. The first-order valence-corrected chi connectivity index (χ1v) is 7.79. The number of rotatable bonds is 3. The van der Waals surface area contributed by atoms with Crippen molar-refractivity contribution in [2.75, 3.05) is 7.11 Å². The third kappa shape index (κ3) is 4.33. The molecule has 0 unspecified atom stereocenters. The number of ether oxygens (including phenoxy) is 1. The lowest BCUT2D eigenvalue weighted by Gasteiger charge is -2.05. The topological polar surface area (TPSA) is 76.5 Å². The minimum atomic E-state index is -0.250. The molecule has 0 aliphatic rings. The van der Waals surface area contributed by atoms with E-state index in [9.17, 15) is 4.79 Å². The molecule has 0 atom stereocenters. The van der Waals surface area contributed by atoms with E-state index in [4.69, 9.17) is 14.6 Å². The van der Waals surface area contributed by atoms with E-state index in [0.717, 1.165) is 21.5 Å². The molecule has 0 amide bonds. The van der Waals surface area contributed by atoms with Crippen LogP contribution in [0.5, 0.6) is 5.75 Å². The van der Waals surface area contributed by atoms with Gasteiger partial charge in [-0.15, -0.1) is 0 Å². The third-order valence-corrected chi connectivity index (χ3v) is 4.09. The molecule has 3 rings (SSSR count). The summed E-state index contributed by atoms with van der Waals surface area (Å²) in [5.41, 5.74) is 1.50. The molecule has 0 aliphatic heterocycles. The average Bonchev–Trinajstić information content (AvgIpc) is 2.63. The minimum absolute atomic E-state index is 0.00388. The van der Waals surface area contributed by atoms with Crippen LogP contribution in [0.25, 0.3) is 10.9 Å². The summed E-state index contributed by atoms with van der Waals surface area (Å²) in [6, 6.07) is 16.8. The Morgan fingerprint density at radius 2 is 1.79 bits per heavy atom. The van der Waals surface area contributed by atoms with Crippen molar-refractivity contribution in [2.45, 2.75) is 4.90 Å². The number of hydrogen-bond donors (Lipinski definition) is 1. The Morgan fingerprint density at radius 3 is 2.46 bits per heavy atom. The number of nitrogens with zero attached hydrogens (tertiary/aromatic N) is 1. The number of hydrogen-bond acceptors (Lipinski definition) is 5. The summed E-state index contributed by atoms with van der Waals surface area (Å²) in [5, 5.41) is 7.92. The second kappa shape index (κ2) is 8.69. The summed E-state index contributed by atoms with van der Waals surface area (Å²) in [6.45, 7) is -0.250. The second-order valence-corrected chi connectivity index (χ2v) is 5.57. The van der Waals surface area contributed by atoms with E-state index in [1.54, 1.807) is 37.6 Å². The fourth-order valence-corrected chi connectivity index (χ4v) is 2.91. The molecule has 2 aromatic carbocycles. The molecular formula is C18H15NO4S. The number of pyridine rings is 1. The second-order valence-electron chi connectivity index (χ2n) is 4.55.